The van der Waals surface area contributed by atoms with Crippen molar-refractivity contribution < 1.29 is 13.9 Å². The molecule has 2 aromatic rings. The van der Waals surface area contributed by atoms with E-state index in [1.807, 2.05) is 0 Å². The molecule has 0 saturated heterocycles. The number of aliphatic hydroxyl groups excluding tert-OH is 1. The van der Waals surface area contributed by atoms with Gasteiger partial charge in [0.2, 0.25) is 0 Å². The fraction of sp³-hybridized carbons (Fsp3) is 0.0833. The van der Waals surface area contributed by atoms with E-state index in [-0.39, 0.29) is 16.3 Å². The zero-order valence-electron chi connectivity index (χ0n) is 8.87. The van der Waals surface area contributed by atoms with Crippen LogP contribution < -0.4 is 0 Å². The van der Waals surface area contributed by atoms with Gasteiger partial charge in [-0.25, -0.2) is 8.78 Å². The van der Waals surface area contributed by atoms with Crippen molar-refractivity contribution in [2.45, 2.75) is 6.10 Å². The van der Waals surface area contributed by atoms with Gasteiger partial charge in [-0.1, -0.05) is 11.6 Å². The van der Waals surface area contributed by atoms with Crippen molar-refractivity contribution in [3.8, 4) is 0 Å². The van der Waals surface area contributed by atoms with E-state index < -0.39 is 17.7 Å². The number of rotatable bonds is 2. The molecule has 1 unspecified atom stereocenters. The minimum absolute atomic E-state index is 0.0499. The maximum absolute atomic E-state index is 13.6. The second kappa shape index (κ2) is 5.30. The average Bonchev–Trinajstić information content (AvgIpc) is 2.35. The van der Waals surface area contributed by atoms with Crippen LogP contribution in [0.15, 0.2) is 34.9 Å². The highest BCUT2D eigenvalue weighted by molar-refractivity contribution is 9.10. The number of benzene rings is 1. The molecule has 2 rings (SSSR count). The van der Waals surface area contributed by atoms with Crippen molar-refractivity contribution in [1.82, 2.24) is 4.98 Å². The summed E-state index contributed by atoms with van der Waals surface area (Å²) >= 11 is 8.96. The van der Waals surface area contributed by atoms with Gasteiger partial charge in [0.15, 0.2) is 11.6 Å². The first-order valence-corrected chi connectivity index (χ1v) is 6.10. The molecule has 0 saturated carbocycles. The molecular formula is C12H7BrClF2NO. The largest absolute Gasteiger partial charge is 0.382 e. The number of pyridine rings is 1. The number of aromatic nitrogens is 1. The monoisotopic (exact) mass is 333 g/mol. The van der Waals surface area contributed by atoms with Gasteiger partial charge in [-0.3, -0.25) is 4.98 Å². The summed E-state index contributed by atoms with van der Waals surface area (Å²) in [5.41, 5.74) is -0.129. The molecule has 2 nitrogen and oxygen atoms in total. The van der Waals surface area contributed by atoms with Gasteiger partial charge in [-0.2, -0.15) is 0 Å². The molecule has 1 aromatic heterocycles. The Kier molecular flexibility index (Phi) is 3.94. The summed E-state index contributed by atoms with van der Waals surface area (Å²) in [6.07, 6.45) is 0.0326. The Bertz CT molecular complexity index is 577. The number of nitrogens with zero attached hydrogens (tertiary/aromatic N) is 1. The van der Waals surface area contributed by atoms with Gasteiger partial charge in [0.25, 0.3) is 0 Å². The number of aliphatic hydroxyl groups is 1. The minimum Gasteiger partial charge on any atom is -0.382 e. The van der Waals surface area contributed by atoms with Crippen molar-refractivity contribution >= 4 is 27.5 Å². The fourth-order valence-electron chi connectivity index (χ4n) is 1.49. The SMILES string of the molecule is OC(c1ccc(Br)cn1)c1c(Cl)ccc(F)c1F. The number of halogens is 4. The molecule has 0 spiro atoms. The first-order valence-electron chi connectivity index (χ1n) is 4.93. The van der Waals surface area contributed by atoms with E-state index in [1.54, 1.807) is 6.07 Å². The van der Waals surface area contributed by atoms with Crippen molar-refractivity contribution in [1.29, 1.82) is 0 Å². The molecule has 1 heterocycles. The third kappa shape index (κ3) is 2.53. The standard InChI is InChI=1S/C12H7BrClF2NO/c13-6-1-4-9(17-5-6)12(18)10-7(14)2-3-8(15)11(10)16/h1-5,12,18H. The maximum atomic E-state index is 13.6. The summed E-state index contributed by atoms with van der Waals surface area (Å²) < 4.78 is 27.5. The molecular weight excluding hydrogens is 327 g/mol. The summed E-state index contributed by atoms with van der Waals surface area (Å²) in [6.45, 7) is 0. The van der Waals surface area contributed by atoms with Crippen LogP contribution in [0.4, 0.5) is 8.78 Å². The second-order valence-electron chi connectivity index (χ2n) is 3.56. The van der Waals surface area contributed by atoms with Crippen LogP contribution in [0.3, 0.4) is 0 Å². The highest BCUT2D eigenvalue weighted by Crippen LogP contribution is 2.31. The highest BCUT2D eigenvalue weighted by atomic mass is 79.9. The Morgan fingerprint density at radius 2 is 1.94 bits per heavy atom. The molecule has 1 atom stereocenters. The molecule has 0 aliphatic rings. The summed E-state index contributed by atoms with van der Waals surface area (Å²) in [5.74, 6) is -2.23. The van der Waals surface area contributed by atoms with E-state index in [2.05, 4.69) is 20.9 Å². The minimum atomic E-state index is -1.42. The van der Waals surface area contributed by atoms with Crippen LogP contribution in [0.25, 0.3) is 0 Å². The second-order valence-corrected chi connectivity index (χ2v) is 4.88. The summed E-state index contributed by atoms with van der Waals surface area (Å²) in [5, 5.41) is 9.95. The van der Waals surface area contributed by atoms with Crippen molar-refractivity contribution in [3.63, 3.8) is 0 Å². The van der Waals surface area contributed by atoms with Crippen molar-refractivity contribution in [3.05, 3.63) is 62.8 Å². The lowest BCUT2D eigenvalue weighted by molar-refractivity contribution is 0.208. The van der Waals surface area contributed by atoms with Crippen molar-refractivity contribution in [2.24, 2.45) is 0 Å². The zero-order chi connectivity index (χ0) is 13.3. The van der Waals surface area contributed by atoms with Crippen LogP contribution in [-0.2, 0) is 0 Å². The first kappa shape index (κ1) is 13.4. The van der Waals surface area contributed by atoms with Crippen LogP contribution in [0, 0.1) is 11.6 Å². The highest BCUT2D eigenvalue weighted by Gasteiger charge is 2.22. The van der Waals surface area contributed by atoms with E-state index in [0.29, 0.717) is 4.47 Å². The summed E-state index contributed by atoms with van der Waals surface area (Å²) in [7, 11) is 0. The van der Waals surface area contributed by atoms with Gasteiger partial charge in [-0.15, -0.1) is 0 Å². The Morgan fingerprint density at radius 3 is 2.56 bits per heavy atom. The molecule has 94 valence electrons. The quantitative estimate of drug-likeness (QED) is 0.846. The lowest BCUT2D eigenvalue weighted by Crippen LogP contribution is -2.07. The van der Waals surface area contributed by atoms with Gasteiger partial charge < -0.3 is 5.11 Å². The van der Waals surface area contributed by atoms with Gasteiger partial charge in [-0.05, 0) is 40.2 Å². The van der Waals surface area contributed by atoms with Gasteiger partial charge in [0.1, 0.15) is 6.10 Å². The normalized spacial score (nSPS) is 12.5. The molecule has 6 heteroatoms. The predicted molar refractivity (Wildman–Crippen MR) is 67.4 cm³/mol. The van der Waals surface area contributed by atoms with E-state index in [1.165, 1.54) is 18.3 Å². The average molecular weight is 335 g/mol. The molecule has 0 aliphatic carbocycles. The first-order chi connectivity index (χ1) is 8.50. The molecule has 0 bridgehead atoms. The van der Waals surface area contributed by atoms with E-state index in [0.717, 1.165) is 6.07 Å². The van der Waals surface area contributed by atoms with Crippen LogP contribution in [0.5, 0.6) is 0 Å². The van der Waals surface area contributed by atoms with E-state index >= 15 is 0 Å². The molecule has 0 aliphatic heterocycles. The molecule has 0 amide bonds. The Balaban J connectivity index is 2.49. The van der Waals surface area contributed by atoms with Crippen LogP contribution in [-0.4, -0.2) is 10.1 Å². The molecule has 1 N–H and O–H groups in total. The van der Waals surface area contributed by atoms with Crippen LogP contribution in [0.1, 0.15) is 17.4 Å². The Morgan fingerprint density at radius 1 is 1.22 bits per heavy atom. The topological polar surface area (TPSA) is 33.1 Å². The molecule has 18 heavy (non-hydrogen) atoms. The third-order valence-electron chi connectivity index (χ3n) is 2.38. The summed E-state index contributed by atoms with van der Waals surface area (Å²) in [6, 6.07) is 5.23. The van der Waals surface area contributed by atoms with Crippen molar-refractivity contribution in [2.75, 3.05) is 0 Å². The maximum Gasteiger partial charge on any atom is 0.166 e. The van der Waals surface area contributed by atoms with Crippen LogP contribution >= 0.6 is 27.5 Å². The predicted octanol–water partition coefficient (Wildman–Crippen LogP) is 3.86. The number of hydrogen-bond acceptors (Lipinski definition) is 2. The fourth-order valence-corrected chi connectivity index (χ4v) is 1.97. The van der Waals surface area contributed by atoms with Gasteiger partial charge >= 0.3 is 0 Å². The van der Waals surface area contributed by atoms with E-state index in [9.17, 15) is 13.9 Å². The smallest absolute Gasteiger partial charge is 0.166 e. The lowest BCUT2D eigenvalue weighted by Gasteiger charge is -2.13. The number of hydrogen-bond donors (Lipinski definition) is 1. The molecule has 0 radical (unpaired) electrons. The Hall–Kier alpha value is -1.04. The van der Waals surface area contributed by atoms with Gasteiger partial charge in [0.05, 0.1) is 5.69 Å². The lowest BCUT2D eigenvalue weighted by atomic mass is 10.1. The third-order valence-corrected chi connectivity index (χ3v) is 3.18. The Labute approximate surface area is 115 Å². The molecule has 0 fully saturated rings. The molecule has 1 aromatic carbocycles. The summed E-state index contributed by atoms with van der Waals surface area (Å²) in [4.78, 5) is 3.92. The van der Waals surface area contributed by atoms with E-state index in [4.69, 9.17) is 11.6 Å². The van der Waals surface area contributed by atoms with Crippen LogP contribution in [0.2, 0.25) is 5.02 Å². The zero-order valence-corrected chi connectivity index (χ0v) is 11.2. The van der Waals surface area contributed by atoms with Gasteiger partial charge in [0, 0.05) is 21.3 Å².